The van der Waals surface area contributed by atoms with Crippen molar-refractivity contribution in [3.63, 3.8) is 0 Å². The van der Waals surface area contributed by atoms with Gasteiger partial charge in [-0.3, -0.25) is 0 Å². The van der Waals surface area contributed by atoms with Crippen molar-refractivity contribution in [3.8, 4) is 23.0 Å². The second-order valence-electron chi connectivity index (χ2n) is 13.3. The van der Waals surface area contributed by atoms with E-state index in [-0.39, 0.29) is 6.17 Å². The number of ether oxygens (including phenoxy) is 4. The topological polar surface area (TPSA) is 104 Å². The zero-order valence-electron chi connectivity index (χ0n) is 32.9. The van der Waals surface area contributed by atoms with Crippen LogP contribution in [0, 0.1) is 6.92 Å². The van der Waals surface area contributed by atoms with Gasteiger partial charge in [-0.15, -0.1) is 0 Å². The van der Waals surface area contributed by atoms with Gasteiger partial charge in [-0.1, -0.05) is 114 Å². The fourth-order valence-electron chi connectivity index (χ4n) is 6.80. The maximum atomic E-state index is 6.76. The van der Waals surface area contributed by atoms with Crippen molar-refractivity contribution in [2.75, 3.05) is 28.4 Å². The predicted molar refractivity (Wildman–Crippen MR) is 238 cm³/mol. The van der Waals surface area contributed by atoms with Crippen molar-refractivity contribution in [1.82, 2.24) is 10.2 Å². The maximum absolute atomic E-state index is 6.76. The van der Waals surface area contributed by atoms with Crippen LogP contribution >= 0.6 is 34.8 Å². The van der Waals surface area contributed by atoms with Gasteiger partial charge in [0.15, 0.2) is 23.0 Å². The molecule has 0 saturated carbocycles. The first-order chi connectivity index (χ1) is 28.1. The number of methoxy groups -OCH3 is 4. The van der Waals surface area contributed by atoms with Crippen LogP contribution in [0.4, 0.5) is 0 Å². The number of halogens is 3. The summed E-state index contributed by atoms with van der Waals surface area (Å²) >= 11 is 19.6. The molecule has 0 fully saturated rings. The molecule has 0 bridgehead atoms. The van der Waals surface area contributed by atoms with Gasteiger partial charge in [0.25, 0.3) is 0 Å². The SMILES string of the molecule is COc1ccc(/C(N)=C(/N)c2ccccc2Cl)cc1OC.COc1ccc(C2=C(c3ccccc3C)N(Cc3ccccc3Cl)C(c3ccccc3Cl)N2)cc1OC. The van der Waals surface area contributed by atoms with Gasteiger partial charge < -0.3 is 40.6 Å². The molecule has 11 heteroatoms. The summed E-state index contributed by atoms with van der Waals surface area (Å²) in [5.41, 5.74) is 21.9. The number of benzene rings is 6. The van der Waals surface area contributed by atoms with Gasteiger partial charge in [-0.25, -0.2) is 0 Å². The van der Waals surface area contributed by atoms with Crippen molar-refractivity contribution in [2.24, 2.45) is 11.5 Å². The van der Waals surface area contributed by atoms with Gasteiger partial charge in [0, 0.05) is 49.4 Å². The summed E-state index contributed by atoms with van der Waals surface area (Å²) in [7, 11) is 6.44. The highest BCUT2D eigenvalue weighted by molar-refractivity contribution is 6.32. The summed E-state index contributed by atoms with van der Waals surface area (Å²) < 4.78 is 21.6. The predicted octanol–water partition coefficient (Wildman–Crippen LogP) is 11.0. The molecule has 8 nitrogen and oxygen atoms in total. The summed E-state index contributed by atoms with van der Waals surface area (Å²) in [6.07, 6.45) is -0.220. The Morgan fingerprint density at radius 2 is 1.17 bits per heavy atom. The van der Waals surface area contributed by atoms with E-state index in [9.17, 15) is 0 Å². The van der Waals surface area contributed by atoms with E-state index >= 15 is 0 Å². The molecule has 6 aromatic carbocycles. The summed E-state index contributed by atoms with van der Waals surface area (Å²) in [5, 5.41) is 5.78. The second-order valence-corrected chi connectivity index (χ2v) is 14.5. The van der Waals surface area contributed by atoms with E-state index in [1.165, 1.54) is 5.56 Å². The molecule has 1 heterocycles. The smallest absolute Gasteiger partial charge is 0.161 e. The van der Waals surface area contributed by atoms with Gasteiger partial charge in [-0.2, -0.15) is 0 Å². The van der Waals surface area contributed by atoms with Gasteiger partial charge >= 0.3 is 0 Å². The first-order valence-electron chi connectivity index (χ1n) is 18.4. The highest BCUT2D eigenvalue weighted by Gasteiger charge is 2.36. The standard InChI is InChI=1S/C31H28Cl2N2O2.C16H17ClN2O2/c1-20-10-4-6-12-23(20)30-29(21-16-17-27(36-2)28(18-21)37-3)34-31(24-13-7-9-15-26(24)33)35(30)19-22-11-5-8-14-25(22)32;1-20-13-8-7-10(9-14(13)21-2)15(18)16(19)11-5-3-4-6-12(11)17/h4-18,31,34H,19H2,1-3H3;3-9H,18-19H2,1-2H3/b;16-15-. The number of rotatable bonds is 11. The Balaban J connectivity index is 0.000000229. The molecule has 5 N–H and O–H groups in total. The molecule has 1 atom stereocenters. The fraction of sp³-hybridized carbons (Fsp3) is 0.149. The van der Waals surface area contributed by atoms with Crippen molar-refractivity contribution in [1.29, 1.82) is 0 Å². The molecule has 1 unspecified atom stereocenters. The monoisotopic (exact) mass is 834 g/mol. The summed E-state index contributed by atoms with van der Waals surface area (Å²) in [6.45, 7) is 2.72. The Morgan fingerprint density at radius 3 is 1.81 bits per heavy atom. The Morgan fingerprint density at radius 1 is 0.603 bits per heavy atom. The molecule has 6 aromatic rings. The minimum absolute atomic E-state index is 0.220. The van der Waals surface area contributed by atoms with Gasteiger partial charge in [0.05, 0.1) is 51.2 Å². The Labute approximate surface area is 355 Å². The van der Waals surface area contributed by atoms with E-state index in [4.69, 9.17) is 65.2 Å². The van der Waals surface area contributed by atoms with Crippen LogP contribution in [0.5, 0.6) is 23.0 Å². The molecule has 1 aliphatic heterocycles. The number of aryl methyl sites for hydroxylation is 1. The molecule has 7 rings (SSSR count). The molecule has 1 aliphatic rings. The van der Waals surface area contributed by atoms with Crippen LogP contribution in [-0.2, 0) is 6.54 Å². The first-order valence-corrected chi connectivity index (χ1v) is 19.5. The van der Waals surface area contributed by atoms with Crippen molar-refractivity contribution >= 4 is 57.6 Å². The third-order valence-corrected chi connectivity index (χ3v) is 10.9. The fourth-order valence-corrected chi connectivity index (χ4v) is 7.47. The number of nitrogens with one attached hydrogen (secondary N) is 1. The largest absolute Gasteiger partial charge is 0.493 e. The Hall–Kier alpha value is -5.93. The molecule has 58 heavy (non-hydrogen) atoms. The number of nitrogens with zero attached hydrogens (tertiary/aromatic N) is 1. The molecule has 298 valence electrons. The molecule has 0 spiro atoms. The number of hydrogen-bond donors (Lipinski definition) is 3. The minimum atomic E-state index is -0.220. The van der Waals surface area contributed by atoms with E-state index in [0.717, 1.165) is 44.2 Å². The molecule has 0 amide bonds. The van der Waals surface area contributed by atoms with Gasteiger partial charge in [-0.05, 0) is 72.6 Å². The van der Waals surface area contributed by atoms with Gasteiger partial charge in [0.2, 0.25) is 0 Å². The molecule has 0 radical (unpaired) electrons. The van der Waals surface area contributed by atoms with Crippen LogP contribution in [0.2, 0.25) is 15.1 Å². The summed E-state index contributed by atoms with van der Waals surface area (Å²) in [5.74, 6) is 2.56. The highest BCUT2D eigenvalue weighted by atomic mass is 35.5. The van der Waals surface area contributed by atoms with E-state index in [2.05, 4.69) is 53.5 Å². The lowest BCUT2D eigenvalue weighted by atomic mass is 10.00. The van der Waals surface area contributed by atoms with Crippen LogP contribution in [0.25, 0.3) is 22.8 Å². The quantitative estimate of drug-likeness (QED) is 0.111. The third-order valence-electron chi connectivity index (χ3n) is 9.84. The average Bonchev–Trinajstić information content (AvgIpc) is 3.62. The minimum Gasteiger partial charge on any atom is -0.493 e. The highest BCUT2D eigenvalue weighted by Crippen LogP contribution is 2.45. The maximum Gasteiger partial charge on any atom is 0.161 e. The summed E-state index contributed by atoms with van der Waals surface area (Å²) in [4.78, 5) is 2.34. The van der Waals surface area contributed by atoms with Crippen molar-refractivity contribution in [3.05, 3.63) is 187 Å². The molecule has 0 saturated heterocycles. The lowest BCUT2D eigenvalue weighted by Gasteiger charge is -2.31. The average molecular weight is 836 g/mol. The van der Waals surface area contributed by atoms with Crippen LogP contribution < -0.4 is 35.7 Å². The number of hydrogen-bond acceptors (Lipinski definition) is 8. The number of nitrogens with two attached hydrogens (primary N) is 2. The van der Waals surface area contributed by atoms with Crippen molar-refractivity contribution < 1.29 is 18.9 Å². The van der Waals surface area contributed by atoms with Crippen LogP contribution in [0.1, 0.15) is 45.1 Å². The van der Waals surface area contributed by atoms with Gasteiger partial charge in [0.1, 0.15) is 6.17 Å². The van der Waals surface area contributed by atoms with E-state index < -0.39 is 0 Å². The Kier molecular flexibility index (Phi) is 13.7. The van der Waals surface area contributed by atoms with Crippen LogP contribution in [0.3, 0.4) is 0 Å². The lowest BCUT2D eigenvalue weighted by Crippen LogP contribution is -2.29. The molecular weight excluding hydrogens is 791 g/mol. The van der Waals surface area contributed by atoms with Crippen LogP contribution in [0.15, 0.2) is 133 Å². The zero-order valence-corrected chi connectivity index (χ0v) is 35.1. The second kappa shape index (κ2) is 19.0. The molecule has 0 aliphatic carbocycles. The third kappa shape index (κ3) is 8.95. The van der Waals surface area contributed by atoms with E-state index in [0.29, 0.717) is 56.5 Å². The zero-order chi connectivity index (χ0) is 41.3. The summed E-state index contributed by atoms with van der Waals surface area (Å²) in [6, 6.07) is 43.0. The Bertz CT molecular complexity index is 2470. The molecule has 0 aromatic heterocycles. The van der Waals surface area contributed by atoms with E-state index in [1.54, 1.807) is 46.6 Å². The van der Waals surface area contributed by atoms with E-state index in [1.807, 2.05) is 78.9 Å². The van der Waals surface area contributed by atoms with Crippen molar-refractivity contribution in [2.45, 2.75) is 19.6 Å². The van der Waals surface area contributed by atoms with Crippen LogP contribution in [-0.4, -0.2) is 33.3 Å². The normalized spacial score (nSPS) is 13.9. The lowest BCUT2D eigenvalue weighted by molar-refractivity contribution is 0.292. The molecular formula is C47H45Cl3N4O4. The first kappa shape index (κ1) is 41.7.